The molecule has 0 N–H and O–H groups in total. The molecule has 106 valence electrons. The first-order valence-electron chi connectivity index (χ1n) is 6.20. The maximum absolute atomic E-state index is 11.5. The number of hydrogen-bond donors (Lipinski definition) is 0. The quantitative estimate of drug-likeness (QED) is 0.800. The van der Waals surface area contributed by atoms with Crippen LogP contribution in [0.25, 0.3) is 11.1 Å². The number of terminal acetylenes is 1. The third kappa shape index (κ3) is 2.46. The monoisotopic (exact) mass is 300 g/mol. The van der Waals surface area contributed by atoms with E-state index >= 15 is 0 Å². The van der Waals surface area contributed by atoms with E-state index in [2.05, 4.69) is 5.92 Å². The molecule has 3 rings (SSSR count). The normalized spacial score (nSPS) is 13.0. The third-order valence-electron chi connectivity index (χ3n) is 3.26. The average Bonchev–Trinajstić information content (AvgIpc) is 2.92. The first kappa shape index (κ1) is 13.5. The smallest absolute Gasteiger partial charge is 0.231 e. The molecule has 2 aromatic rings. The molecule has 0 radical (unpaired) electrons. The fourth-order valence-corrected chi connectivity index (χ4v) is 2.81. The topological polar surface area (TPSA) is 52.6 Å². The van der Waals surface area contributed by atoms with Gasteiger partial charge in [0.1, 0.15) is 0 Å². The Morgan fingerprint density at radius 1 is 1.10 bits per heavy atom. The number of hydrogen-bond acceptors (Lipinski definition) is 4. The van der Waals surface area contributed by atoms with Crippen LogP contribution in [0.5, 0.6) is 11.5 Å². The second kappa shape index (κ2) is 4.83. The molecule has 0 aliphatic carbocycles. The van der Waals surface area contributed by atoms with Crippen LogP contribution in [0.2, 0.25) is 0 Å². The minimum atomic E-state index is -3.21. The van der Waals surface area contributed by atoms with Crippen molar-refractivity contribution in [1.82, 2.24) is 0 Å². The van der Waals surface area contributed by atoms with Crippen molar-refractivity contribution in [3.63, 3.8) is 0 Å². The van der Waals surface area contributed by atoms with E-state index in [0.29, 0.717) is 17.1 Å². The van der Waals surface area contributed by atoms with Crippen LogP contribution in [0.1, 0.15) is 5.56 Å². The van der Waals surface area contributed by atoms with Gasteiger partial charge < -0.3 is 9.47 Å². The molecule has 0 aromatic heterocycles. The molecule has 0 amide bonds. The summed E-state index contributed by atoms with van der Waals surface area (Å²) in [5.74, 6) is 3.87. The van der Waals surface area contributed by atoms with E-state index in [1.54, 1.807) is 30.3 Å². The van der Waals surface area contributed by atoms with Gasteiger partial charge in [-0.3, -0.25) is 0 Å². The SMILES string of the molecule is C#Cc1cc2c(cc1-c1ccc(S(C)(=O)=O)cc1)OCO2. The highest BCUT2D eigenvalue weighted by Crippen LogP contribution is 2.38. The Balaban J connectivity index is 2.11. The number of ether oxygens (including phenoxy) is 2. The Morgan fingerprint density at radius 2 is 1.71 bits per heavy atom. The molecule has 0 saturated heterocycles. The maximum atomic E-state index is 11.5. The van der Waals surface area contributed by atoms with Gasteiger partial charge in [0.2, 0.25) is 6.79 Å². The van der Waals surface area contributed by atoms with Gasteiger partial charge in [0, 0.05) is 23.4 Å². The number of benzene rings is 2. The van der Waals surface area contributed by atoms with Crippen molar-refractivity contribution < 1.29 is 17.9 Å². The molecule has 21 heavy (non-hydrogen) atoms. The number of sulfone groups is 1. The lowest BCUT2D eigenvalue weighted by Crippen LogP contribution is -1.96. The van der Waals surface area contributed by atoms with E-state index in [4.69, 9.17) is 15.9 Å². The molecular formula is C16H12O4S. The molecule has 1 aliphatic rings. The van der Waals surface area contributed by atoms with Gasteiger partial charge in [0.15, 0.2) is 21.3 Å². The van der Waals surface area contributed by atoms with Crippen LogP contribution in [-0.2, 0) is 9.84 Å². The molecule has 0 fully saturated rings. The summed E-state index contributed by atoms with van der Waals surface area (Å²) in [6.07, 6.45) is 6.71. The lowest BCUT2D eigenvalue weighted by atomic mass is 9.99. The Morgan fingerprint density at radius 3 is 2.29 bits per heavy atom. The fourth-order valence-electron chi connectivity index (χ4n) is 2.18. The van der Waals surface area contributed by atoms with Crippen molar-refractivity contribution in [2.45, 2.75) is 4.90 Å². The molecule has 0 atom stereocenters. The zero-order chi connectivity index (χ0) is 15.0. The van der Waals surface area contributed by atoms with Crippen LogP contribution in [0.4, 0.5) is 0 Å². The van der Waals surface area contributed by atoms with Crippen molar-refractivity contribution in [3.8, 4) is 35.0 Å². The van der Waals surface area contributed by atoms with Gasteiger partial charge >= 0.3 is 0 Å². The third-order valence-corrected chi connectivity index (χ3v) is 4.39. The Bertz CT molecular complexity index is 843. The molecule has 2 aromatic carbocycles. The minimum absolute atomic E-state index is 0.176. The summed E-state index contributed by atoms with van der Waals surface area (Å²) in [6.45, 7) is 0.176. The Labute approximate surface area is 123 Å². The molecule has 5 heteroatoms. The van der Waals surface area contributed by atoms with Gasteiger partial charge in [0.25, 0.3) is 0 Å². The van der Waals surface area contributed by atoms with Crippen molar-refractivity contribution in [3.05, 3.63) is 42.0 Å². The number of rotatable bonds is 2. The highest BCUT2D eigenvalue weighted by atomic mass is 32.2. The number of fused-ring (bicyclic) bond motifs is 1. The molecule has 0 spiro atoms. The second-order valence-electron chi connectivity index (χ2n) is 4.69. The van der Waals surface area contributed by atoms with E-state index < -0.39 is 9.84 Å². The summed E-state index contributed by atoms with van der Waals surface area (Å²) in [4.78, 5) is 0.272. The Hall–Kier alpha value is -2.45. The summed E-state index contributed by atoms with van der Waals surface area (Å²) in [6, 6.07) is 10.2. The van der Waals surface area contributed by atoms with E-state index in [1.807, 2.05) is 6.07 Å². The van der Waals surface area contributed by atoms with E-state index in [9.17, 15) is 8.42 Å². The lowest BCUT2D eigenvalue weighted by molar-refractivity contribution is 0.174. The van der Waals surface area contributed by atoms with Crippen LogP contribution < -0.4 is 9.47 Å². The van der Waals surface area contributed by atoms with Crippen molar-refractivity contribution in [1.29, 1.82) is 0 Å². The lowest BCUT2D eigenvalue weighted by Gasteiger charge is -2.08. The van der Waals surface area contributed by atoms with Crippen LogP contribution in [0, 0.1) is 12.3 Å². The molecular weight excluding hydrogens is 288 g/mol. The van der Waals surface area contributed by atoms with Gasteiger partial charge in [-0.2, -0.15) is 0 Å². The van der Waals surface area contributed by atoms with Crippen LogP contribution >= 0.6 is 0 Å². The molecule has 1 heterocycles. The predicted molar refractivity (Wildman–Crippen MR) is 79.0 cm³/mol. The average molecular weight is 300 g/mol. The van der Waals surface area contributed by atoms with Crippen molar-refractivity contribution >= 4 is 9.84 Å². The maximum Gasteiger partial charge on any atom is 0.231 e. The molecule has 4 nitrogen and oxygen atoms in total. The molecule has 1 aliphatic heterocycles. The fraction of sp³-hybridized carbons (Fsp3) is 0.125. The molecule has 0 unspecified atom stereocenters. The van der Waals surface area contributed by atoms with Crippen molar-refractivity contribution in [2.75, 3.05) is 13.0 Å². The summed E-state index contributed by atoms with van der Waals surface area (Å²) in [5.41, 5.74) is 2.31. The van der Waals surface area contributed by atoms with E-state index in [1.165, 1.54) is 6.26 Å². The van der Waals surface area contributed by atoms with Crippen molar-refractivity contribution in [2.24, 2.45) is 0 Å². The standard InChI is InChI=1S/C16H12O4S/c1-3-11-8-15-16(20-10-19-15)9-14(11)12-4-6-13(7-5-12)21(2,17)18/h1,4-9H,10H2,2H3. The zero-order valence-electron chi connectivity index (χ0n) is 11.3. The minimum Gasteiger partial charge on any atom is -0.454 e. The zero-order valence-corrected chi connectivity index (χ0v) is 12.1. The van der Waals surface area contributed by atoms with Crippen LogP contribution in [-0.4, -0.2) is 21.5 Å². The van der Waals surface area contributed by atoms with Gasteiger partial charge in [-0.25, -0.2) is 8.42 Å². The second-order valence-corrected chi connectivity index (χ2v) is 6.71. The first-order chi connectivity index (χ1) is 9.99. The van der Waals surface area contributed by atoms with Gasteiger partial charge in [0.05, 0.1) is 4.90 Å². The summed E-state index contributed by atoms with van der Waals surface area (Å²) < 4.78 is 33.6. The molecule has 0 bridgehead atoms. The van der Waals surface area contributed by atoms with Crippen LogP contribution in [0.15, 0.2) is 41.3 Å². The summed E-state index contributed by atoms with van der Waals surface area (Å²) >= 11 is 0. The first-order valence-corrected chi connectivity index (χ1v) is 8.09. The predicted octanol–water partition coefficient (Wildman–Crippen LogP) is 2.47. The largest absolute Gasteiger partial charge is 0.454 e. The van der Waals surface area contributed by atoms with Gasteiger partial charge in [-0.1, -0.05) is 18.1 Å². The Kier molecular flexibility index (Phi) is 3.11. The van der Waals surface area contributed by atoms with Gasteiger partial charge in [-0.05, 0) is 23.8 Å². The van der Waals surface area contributed by atoms with E-state index in [-0.39, 0.29) is 11.7 Å². The van der Waals surface area contributed by atoms with Crippen LogP contribution in [0.3, 0.4) is 0 Å². The summed E-state index contributed by atoms with van der Waals surface area (Å²) in [5, 5.41) is 0. The highest BCUT2D eigenvalue weighted by Gasteiger charge is 2.17. The highest BCUT2D eigenvalue weighted by molar-refractivity contribution is 7.90. The summed E-state index contributed by atoms with van der Waals surface area (Å²) in [7, 11) is -3.21. The van der Waals surface area contributed by atoms with E-state index in [0.717, 1.165) is 11.1 Å². The molecule has 0 saturated carbocycles. The van der Waals surface area contributed by atoms with Gasteiger partial charge in [-0.15, -0.1) is 6.42 Å².